The molecular formula is C28H31FN2O6. The Bertz CT molecular complexity index is 1260. The van der Waals surface area contributed by atoms with Crippen LogP contribution in [0.4, 0.5) is 4.39 Å². The number of rotatable bonds is 11. The molecule has 0 aliphatic carbocycles. The molecule has 1 heterocycles. The third-order valence-corrected chi connectivity index (χ3v) is 6.01. The third kappa shape index (κ3) is 7.12. The molecule has 2 aromatic carbocycles. The van der Waals surface area contributed by atoms with Crippen LogP contribution in [-0.4, -0.2) is 51.7 Å². The third-order valence-electron chi connectivity index (χ3n) is 6.01. The summed E-state index contributed by atoms with van der Waals surface area (Å²) in [5.74, 6) is -1.85. The second-order valence-electron chi connectivity index (χ2n) is 8.81. The van der Waals surface area contributed by atoms with Crippen LogP contribution >= 0.6 is 0 Å². The number of benzene rings is 2. The zero-order valence-electron chi connectivity index (χ0n) is 21.3. The average molecular weight is 511 g/mol. The lowest BCUT2D eigenvalue weighted by Gasteiger charge is -2.26. The number of halogens is 1. The summed E-state index contributed by atoms with van der Waals surface area (Å²) in [5, 5.41) is 19.1. The molecule has 3 aromatic rings. The molecule has 1 atom stereocenters. The standard InChI is InChI=1S/C28H31FN2O6/c1-5-31(17(2)3)16-20-11-18(23-13-26(36-4)30-15-24(23)29)9-10-22(20)28(35)37-21-8-6-7-19(12-21)25(32)14-27(33)34/h6-13,15,17,25,32H,5,14,16H2,1-4H3,(H,33,34)/t25-/m1/s1. The molecule has 0 unspecified atom stereocenters. The van der Waals surface area contributed by atoms with Crippen LogP contribution in [0.3, 0.4) is 0 Å². The van der Waals surface area contributed by atoms with Crippen LogP contribution in [0.2, 0.25) is 0 Å². The molecule has 0 radical (unpaired) electrons. The number of hydrogen-bond donors (Lipinski definition) is 2. The van der Waals surface area contributed by atoms with Gasteiger partial charge in [-0.25, -0.2) is 14.2 Å². The highest BCUT2D eigenvalue weighted by atomic mass is 19.1. The number of methoxy groups -OCH3 is 1. The van der Waals surface area contributed by atoms with Crippen LogP contribution in [0.15, 0.2) is 54.7 Å². The van der Waals surface area contributed by atoms with Gasteiger partial charge in [-0.3, -0.25) is 9.69 Å². The molecular weight excluding hydrogens is 479 g/mol. The van der Waals surface area contributed by atoms with Crippen molar-refractivity contribution in [3.05, 3.63) is 77.2 Å². The van der Waals surface area contributed by atoms with Crippen molar-refractivity contribution in [1.82, 2.24) is 9.88 Å². The number of hydrogen-bond acceptors (Lipinski definition) is 7. The van der Waals surface area contributed by atoms with Crippen LogP contribution in [0.25, 0.3) is 11.1 Å². The number of nitrogens with zero attached hydrogens (tertiary/aromatic N) is 2. The normalized spacial score (nSPS) is 12.0. The van der Waals surface area contributed by atoms with Gasteiger partial charge < -0.3 is 19.7 Å². The maximum absolute atomic E-state index is 14.6. The van der Waals surface area contributed by atoms with E-state index in [1.54, 1.807) is 36.4 Å². The van der Waals surface area contributed by atoms with Gasteiger partial charge in [0.1, 0.15) is 11.6 Å². The number of aliphatic hydroxyl groups excluding tert-OH is 1. The number of ether oxygens (including phenoxy) is 2. The van der Waals surface area contributed by atoms with Gasteiger partial charge in [-0.1, -0.05) is 25.1 Å². The Morgan fingerprint density at radius 2 is 1.89 bits per heavy atom. The number of carbonyl (C=O) groups excluding carboxylic acids is 1. The number of carboxylic acids is 1. The predicted molar refractivity (Wildman–Crippen MR) is 136 cm³/mol. The molecule has 37 heavy (non-hydrogen) atoms. The van der Waals surface area contributed by atoms with Crippen molar-refractivity contribution in [3.8, 4) is 22.8 Å². The zero-order valence-corrected chi connectivity index (χ0v) is 21.3. The van der Waals surface area contributed by atoms with E-state index >= 15 is 0 Å². The fraction of sp³-hybridized carbons (Fsp3) is 0.321. The molecule has 0 bridgehead atoms. The minimum atomic E-state index is -1.23. The lowest BCUT2D eigenvalue weighted by Crippen LogP contribution is -2.31. The maximum Gasteiger partial charge on any atom is 0.343 e. The quantitative estimate of drug-likeness (QED) is 0.278. The summed E-state index contributed by atoms with van der Waals surface area (Å²) in [6.45, 7) is 7.27. The zero-order chi connectivity index (χ0) is 27.1. The first-order valence-corrected chi connectivity index (χ1v) is 11.9. The molecule has 0 aliphatic rings. The molecule has 196 valence electrons. The van der Waals surface area contributed by atoms with Crippen LogP contribution < -0.4 is 9.47 Å². The van der Waals surface area contributed by atoms with E-state index in [1.807, 2.05) is 20.8 Å². The van der Waals surface area contributed by atoms with Crippen molar-refractivity contribution in [2.75, 3.05) is 13.7 Å². The largest absolute Gasteiger partial charge is 0.481 e. The van der Waals surface area contributed by atoms with Crippen LogP contribution in [0.5, 0.6) is 11.6 Å². The van der Waals surface area contributed by atoms with E-state index in [0.29, 0.717) is 34.4 Å². The molecule has 2 N–H and O–H groups in total. The first-order valence-electron chi connectivity index (χ1n) is 11.9. The number of esters is 1. The Morgan fingerprint density at radius 3 is 2.54 bits per heavy atom. The molecule has 0 amide bonds. The summed E-state index contributed by atoms with van der Waals surface area (Å²) in [7, 11) is 1.45. The van der Waals surface area contributed by atoms with Gasteiger partial charge in [0.2, 0.25) is 5.88 Å². The summed E-state index contributed by atoms with van der Waals surface area (Å²) in [5.41, 5.74) is 2.13. The van der Waals surface area contributed by atoms with Crippen LogP contribution in [0, 0.1) is 5.82 Å². The maximum atomic E-state index is 14.6. The molecule has 0 saturated carbocycles. The van der Waals surface area contributed by atoms with Crippen molar-refractivity contribution in [3.63, 3.8) is 0 Å². The van der Waals surface area contributed by atoms with Gasteiger partial charge in [0.15, 0.2) is 0 Å². The molecule has 1 aromatic heterocycles. The van der Waals surface area contributed by atoms with Gasteiger partial charge >= 0.3 is 11.9 Å². The Hall–Kier alpha value is -3.82. The topological polar surface area (TPSA) is 109 Å². The Balaban J connectivity index is 1.98. The van der Waals surface area contributed by atoms with E-state index < -0.39 is 30.3 Å². The Kier molecular flexibility index (Phi) is 9.32. The van der Waals surface area contributed by atoms with Crippen LogP contribution in [-0.2, 0) is 11.3 Å². The smallest absolute Gasteiger partial charge is 0.343 e. The van der Waals surface area contributed by atoms with Crippen molar-refractivity contribution < 1.29 is 33.7 Å². The summed E-state index contributed by atoms with van der Waals surface area (Å²) >= 11 is 0. The first kappa shape index (κ1) is 27.8. The molecule has 9 heteroatoms. The SMILES string of the molecule is CCN(Cc1cc(-c2cc(OC)ncc2F)ccc1C(=O)Oc1cccc([C@H](O)CC(=O)O)c1)C(C)C. The van der Waals surface area contributed by atoms with Gasteiger partial charge in [0.05, 0.1) is 31.4 Å². The number of carboxylic acid groups (broad SMARTS) is 1. The summed E-state index contributed by atoms with van der Waals surface area (Å²) in [4.78, 5) is 30.2. The number of aliphatic carboxylic acids is 1. The molecule has 0 spiro atoms. The van der Waals surface area contributed by atoms with Gasteiger partial charge in [0, 0.05) is 24.2 Å². The van der Waals surface area contributed by atoms with E-state index in [0.717, 1.165) is 12.7 Å². The predicted octanol–water partition coefficient (Wildman–Crippen LogP) is 4.85. The minimum absolute atomic E-state index is 0.170. The highest BCUT2D eigenvalue weighted by Crippen LogP contribution is 2.29. The van der Waals surface area contributed by atoms with Gasteiger partial charge in [0.25, 0.3) is 0 Å². The van der Waals surface area contributed by atoms with Gasteiger partial charge in [-0.2, -0.15) is 0 Å². The Morgan fingerprint density at radius 1 is 1.14 bits per heavy atom. The Labute approximate surface area is 215 Å². The van der Waals surface area contributed by atoms with E-state index in [-0.39, 0.29) is 17.7 Å². The lowest BCUT2D eigenvalue weighted by atomic mass is 9.98. The molecule has 8 nitrogen and oxygen atoms in total. The fourth-order valence-corrected chi connectivity index (χ4v) is 3.95. The number of pyridine rings is 1. The van der Waals surface area contributed by atoms with E-state index in [2.05, 4.69) is 9.88 Å². The molecule has 0 saturated heterocycles. The van der Waals surface area contributed by atoms with E-state index in [9.17, 15) is 19.1 Å². The van der Waals surface area contributed by atoms with Crippen molar-refractivity contribution >= 4 is 11.9 Å². The molecule has 0 fully saturated rings. The highest BCUT2D eigenvalue weighted by Gasteiger charge is 2.20. The second-order valence-corrected chi connectivity index (χ2v) is 8.81. The monoisotopic (exact) mass is 510 g/mol. The van der Waals surface area contributed by atoms with Gasteiger partial charge in [-0.15, -0.1) is 0 Å². The first-order chi connectivity index (χ1) is 17.6. The molecule has 0 aliphatic heterocycles. The van der Waals surface area contributed by atoms with Crippen LogP contribution in [0.1, 0.15) is 54.8 Å². The number of aromatic nitrogens is 1. The number of carbonyl (C=O) groups is 2. The summed E-state index contributed by atoms with van der Waals surface area (Å²) in [6, 6.07) is 12.8. The minimum Gasteiger partial charge on any atom is -0.481 e. The number of aliphatic hydroxyl groups is 1. The van der Waals surface area contributed by atoms with E-state index in [1.165, 1.54) is 19.2 Å². The molecule has 3 rings (SSSR count). The lowest BCUT2D eigenvalue weighted by molar-refractivity contribution is -0.139. The van der Waals surface area contributed by atoms with E-state index in [4.69, 9.17) is 14.6 Å². The second kappa shape index (κ2) is 12.4. The summed E-state index contributed by atoms with van der Waals surface area (Å²) < 4.78 is 25.4. The average Bonchev–Trinajstić information content (AvgIpc) is 2.87. The van der Waals surface area contributed by atoms with Crippen molar-refractivity contribution in [2.45, 2.75) is 45.9 Å². The van der Waals surface area contributed by atoms with Crippen molar-refractivity contribution in [1.29, 1.82) is 0 Å². The fourth-order valence-electron chi connectivity index (χ4n) is 3.95. The highest BCUT2D eigenvalue weighted by molar-refractivity contribution is 5.93. The van der Waals surface area contributed by atoms with Crippen molar-refractivity contribution in [2.24, 2.45) is 0 Å². The summed E-state index contributed by atoms with van der Waals surface area (Å²) in [6.07, 6.45) is -0.613. The van der Waals surface area contributed by atoms with Gasteiger partial charge in [-0.05, 0) is 61.3 Å².